The second kappa shape index (κ2) is 9.24. The maximum Gasteiger partial charge on any atom is 0.191 e. The van der Waals surface area contributed by atoms with Gasteiger partial charge in [-0.1, -0.05) is 0 Å². The van der Waals surface area contributed by atoms with E-state index >= 15 is 0 Å². The molecule has 0 unspecified atom stereocenters. The van der Waals surface area contributed by atoms with Crippen molar-refractivity contribution in [3.63, 3.8) is 0 Å². The molecule has 0 saturated carbocycles. The predicted molar refractivity (Wildman–Crippen MR) is 73.6 cm³/mol. The summed E-state index contributed by atoms with van der Waals surface area (Å²) in [6.45, 7) is 9.90. The molecule has 0 aromatic heterocycles. The highest BCUT2D eigenvalue weighted by atomic mass is 16.5. The van der Waals surface area contributed by atoms with Crippen LogP contribution in [0.3, 0.4) is 0 Å². The number of hydrogen-bond donors (Lipinski definition) is 3. The zero-order chi connectivity index (χ0) is 13.1. The Labute approximate surface area is 105 Å². The summed E-state index contributed by atoms with van der Waals surface area (Å²) >= 11 is 0. The van der Waals surface area contributed by atoms with Gasteiger partial charge in [0.15, 0.2) is 5.96 Å². The predicted octanol–water partition coefficient (Wildman–Crippen LogP) is 0.576. The van der Waals surface area contributed by atoms with Gasteiger partial charge in [-0.15, -0.1) is 0 Å². The highest BCUT2D eigenvalue weighted by Gasteiger charge is 2.07. The Hall–Kier alpha value is -0.810. The van der Waals surface area contributed by atoms with Gasteiger partial charge in [-0.05, 0) is 27.2 Å². The average Bonchev–Trinajstić information content (AvgIpc) is 2.25. The number of nitrogens with zero attached hydrogens (tertiary/aromatic N) is 1. The molecule has 0 aliphatic heterocycles. The topological polar surface area (TPSA) is 57.7 Å². The van der Waals surface area contributed by atoms with Crippen molar-refractivity contribution in [1.29, 1.82) is 0 Å². The van der Waals surface area contributed by atoms with Gasteiger partial charge in [0, 0.05) is 45.9 Å². The van der Waals surface area contributed by atoms with Crippen LogP contribution in [0.15, 0.2) is 4.99 Å². The zero-order valence-electron chi connectivity index (χ0n) is 11.9. The Morgan fingerprint density at radius 2 is 1.76 bits per heavy atom. The highest BCUT2D eigenvalue weighted by molar-refractivity contribution is 5.79. The molecular formula is C12H28N4O. The molecule has 0 spiro atoms. The van der Waals surface area contributed by atoms with Crippen LogP contribution in [0.4, 0.5) is 0 Å². The van der Waals surface area contributed by atoms with Crippen LogP contribution < -0.4 is 16.0 Å². The Bertz CT molecular complexity index is 211. The first-order valence-corrected chi connectivity index (χ1v) is 6.18. The fraction of sp³-hybridized carbons (Fsp3) is 0.917. The number of methoxy groups -OCH3 is 1. The number of hydrogen-bond acceptors (Lipinski definition) is 3. The fourth-order valence-corrected chi connectivity index (χ4v) is 1.26. The molecule has 17 heavy (non-hydrogen) atoms. The third kappa shape index (κ3) is 11.5. The average molecular weight is 244 g/mol. The molecule has 0 aromatic rings. The molecule has 0 aliphatic rings. The van der Waals surface area contributed by atoms with Crippen LogP contribution in [0.25, 0.3) is 0 Å². The lowest BCUT2D eigenvalue weighted by Crippen LogP contribution is -2.44. The van der Waals surface area contributed by atoms with E-state index in [2.05, 4.69) is 41.7 Å². The van der Waals surface area contributed by atoms with Crippen LogP contribution in [0, 0.1) is 0 Å². The molecule has 0 aliphatic carbocycles. The lowest BCUT2D eigenvalue weighted by Gasteiger charge is -2.21. The van der Waals surface area contributed by atoms with Crippen LogP contribution in [0.1, 0.15) is 27.2 Å². The van der Waals surface area contributed by atoms with Crippen molar-refractivity contribution in [1.82, 2.24) is 16.0 Å². The minimum atomic E-state index is 0.164. The van der Waals surface area contributed by atoms with E-state index < -0.39 is 0 Å². The van der Waals surface area contributed by atoms with Gasteiger partial charge in [-0.2, -0.15) is 0 Å². The summed E-state index contributed by atoms with van der Waals surface area (Å²) in [4.78, 5) is 4.15. The fourth-order valence-electron chi connectivity index (χ4n) is 1.26. The molecule has 5 nitrogen and oxygen atoms in total. The van der Waals surface area contributed by atoms with E-state index in [4.69, 9.17) is 4.74 Å². The van der Waals surface area contributed by atoms with E-state index in [0.717, 1.165) is 38.6 Å². The van der Waals surface area contributed by atoms with Gasteiger partial charge < -0.3 is 20.7 Å². The van der Waals surface area contributed by atoms with Gasteiger partial charge in [0.25, 0.3) is 0 Å². The maximum atomic E-state index is 4.98. The van der Waals surface area contributed by atoms with E-state index in [9.17, 15) is 0 Å². The van der Waals surface area contributed by atoms with Gasteiger partial charge in [0.05, 0.1) is 0 Å². The third-order valence-electron chi connectivity index (χ3n) is 2.11. The van der Waals surface area contributed by atoms with E-state index in [1.54, 1.807) is 14.2 Å². The highest BCUT2D eigenvalue weighted by Crippen LogP contribution is 1.96. The second-order valence-corrected chi connectivity index (χ2v) is 4.95. The number of rotatable bonds is 7. The molecule has 0 radical (unpaired) electrons. The van der Waals surface area contributed by atoms with Crippen LogP contribution in [0.2, 0.25) is 0 Å². The molecule has 0 saturated heterocycles. The quantitative estimate of drug-likeness (QED) is 0.348. The van der Waals surface area contributed by atoms with Crippen molar-refractivity contribution >= 4 is 5.96 Å². The van der Waals surface area contributed by atoms with Gasteiger partial charge >= 0.3 is 0 Å². The maximum absolute atomic E-state index is 4.98. The number of guanidine groups is 1. The van der Waals surface area contributed by atoms with E-state index in [-0.39, 0.29) is 5.54 Å². The largest absolute Gasteiger partial charge is 0.385 e. The van der Waals surface area contributed by atoms with Crippen molar-refractivity contribution in [2.45, 2.75) is 32.7 Å². The SMILES string of the molecule is CN=C(NCCCOC)NCCNC(C)(C)C. The van der Waals surface area contributed by atoms with Crippen molar-refractivity contribution in [2.75, 3.05) is 40.4 Å². The molecule has 5 heteroatoms. The van der Waals surface area contributed by atoms with Crippen LogP contribution in [-0.4, -0.2) is 51.9 Å². The lowest BCUT2D eigenvalue weighted by molar-refractivity contribution is 0.195. The van der Waals surface area contributed by atoms with Crippen molar-refractivity contribution in [3.05, 3.63) is 0 Å². The van der Waals surface area contributed by atoms with Crippen molar-refractivity contribution < 1.29 is 4.74 Å². The molecule has 0 fully saturated rings. The molecule has 0 aromatic carbocycles. The van der Waals surface area contributed by atoms with Crippen LogP contribution in [-0.2, 0) is 4.74 Å². The molecule has 3 N–H and O–H groups in total. The number of ether oxygens (including phenoxy) is 1. The summed E-state index contributed by atoms with van der Waals surface area (Å²) in [5.41, 5.74) is 0.164. The molecule has 0 amide bonds. The van der Waals surface area contributed by atoms with E-state index in [1.165, 1.54) is 0 Å². The third-order valence-corrected chi connectivity index (χ3v) is 2.11. The summed E-state index contributed by atoms with van der Waals surface area (Å²) in [7, 11) is 3.49. The molecular weight excluding hydrogens is 216 g/mol. The smallest absolute Gasteiger partial charge is 0.191 e. The van der Waals surface area contributed by atoms with Gasteiger partial charge in [0.1, 0.15) is 0 Å². The second-order valence-electron chi connectivity index (χ2n) is 4.95. The van der Waals surface area contributed by atoms with E-state index in [1.807, 2.05) is 0 Å². The Balaban J connectivity index is 3.56. The monoisotopic (exact) mass is 244 g/mol. The molecule has 0 bridgehead atoms. The zero-order valence-corrected chi connectivity index (χ0v) is 11.9. The number of nitrogens with one attached hydrogen (secondary N) is 3. The molecule has 102 valence electrons. The first kappa shape index (κ1) is 16.2. The summed E-state index contributed by atoms with van der Waals surface area (Å²) in [5, 5.41) is 9.90. The Morgan fingerprint density at radius 1 is 1.12 bits per heavy atom. The van der Waals surface area contributed by atoms with E-state index in [0.29, 0.717) is 0 Å². The summed E-state index contributed by atoms with van der Waals surface area (Å²) in [6, 6.07) is 0. The molecule has 0 atom stereocenters. The summed E-state index contributed by atoms with van der Waals surface area (Å²) < 4.78 is 4.98. The Kier molecular flexibility index (Phi) is 8.80. The normalized spacial score (nSPS) is 12.6. The minimum Gasteiger partial charge on any atom is -0.385 e. The Morgan fingerprint density at radius 3 is 2.29 bits per heavy atom. The van der Waals surface area contributed by atoms with Crippen molar-refractivity contribution in [3.8, 4) is 0 Å². The molecule has 0 rings (SSSR count). The lowest BCUT2D eigenvalue weighted by atomic mass is 10.1. The summed E-state index contributed by atoms with van der Waals surface area (Å²) in [5.74, 6) is 0.844. The van der Waals surface area contributed by atoms with Crippen LogP contribution >= 0.6 is 0 Å². The van der Waals surface area contributed by atoms with Crippen LogP contribution in [0.5, 0.6) is 0 Å². The molecule has 0 heterocycles. The van der Waals surface area contributed by atoms with Gasteiger partial charge in [-0.25, -0.2) is 0 Å². The van der Waals surface area contributed by atoms with Crippen molar-refractivity contribution in [2.24, 2.45) is 4.99 Å². The van der Waals surface area contributed by atoms with Gasteiger partial charge in [0.2, 0.25) is 0 Å². The minimum absolute atomic E-state index is 0.164. The van der Waals surface area contributed by atoms with Gasteiger partial charge in [-0.3, -0.25) is 4.99 Å². The number of aliphatic imine (C=N–C) groups is 1. The summed E-state index contributed by atoms with van der Waals surface area (Å²) in [6.07, 6.45) is 0.984. The standard InChI is InChI=1S/C12H28N4O/c1-12(2,3)16-9-8-15-11(13-4)14-7-6-10-17-5/h16H,6-10H2,1-5H3,(H2,13,14,15). The first-order chi connectivity index (χ1) is 7.99. The first-order valence-electron chi connectivity index (χ1n) is 6.18.